The van der Waals surface area contributed by atoms with Crippen LogP contribution in [0.4, 0.5) is 10.1 Å². The molecular weight excluding hydrogens is 329 g/mol. The van der Waals surface area contributed by atoms with Crippen LogP contribution >= 0.6 is 11.6 Å². The molecule has 0 spiro atoms. The van der Waals surface area contributed by atoms with Crippen molar-refractivity contribution in [2.24, 2.45) is 0 Å². The van der Waals surface area contributed by atoms with Crippen LogP contribution in [0.15, 0.2) is 47.4 Å². The maximum absolute atomic E-state index is 13.1. The molecule has 1 N–H and O–H groups in total. The molecule has 0 radical (unpaired) electrons. The van der Waals surface area contributed by atoms with Crippen LogP contribution in [0.5, 0.6) is 5.75 Å². The highest BCUT2D eigenvalue weighted by Crippen LogP contribution is 2.19. The Morgan fingerprint density at radius 1 is 1.27 bits per heavy atom. The monoisotopic (exact) mass is 341 g/mol. The van der Waals surface area contributed by atoms with Crippen molar-refractivity contribution >= 4 is 34.0 Å². The van der Waals surface area contributed by atoms with Crippen LogP contribution in [0, 0.1) is 5.82 Å². The summed E-state index contributed by atoms with van der Waals surface area (Å²) in [5, 5.41) is 2.50. The molecule has 2 aromatic rings. The van der Waals surface area contributed by atoms with Crippen LogP contribution in [0.1, 0.15) is 0 Å². The number of halogens is 2. The quantitative estimate of drug-likeness (QED) is 0.908. The van der Waals surface area contributed by atoms with E-state index in [0.717, 1.165) is 6.07 Å². The molecule has 1 atom stereocenters. The van der Waals surface area contributed by atoms with Crippen LogP contribution in [-0.2, 0) is 15.6 Å². The highest BCUT2D eigenvalue weighted by Gasteiger charge is 2.12. The van der Waals surface area contributed by atoms with Crippen LogP contribution in [0.3, 0.4) is 0 Å². The van der Waals surface area contributed by atoms with E-state index in [2.05, 4.69) is 5.32 Å². The second-order valence-electron chi connectivity index (χ2n) is 4.34. The fraction of sp³-hybridized carbons (Fsp3) is 0.133. The summed E-state index contributed by atoms with van der Waals surface area (Å²) >= 11 is 5.63. The van der Waals surface area contributed by atoms with Crippen molar-refractivity contribution < 1.29 is 18.1 Å². The van der Waals surface area contributed by atoms with Gasteiger partial charge in [-0.1, -0.05) is 11.6 Å². The predicted octanol–water partition coefficient (Wildman–Crippen LogP) is 3.23. The van der Waals surface area contributed by atoms with Gasteiger partial charge in [0.05, 0.1) is 22.9 Å². The number of rotatable bonds is 5. The third-order valence-electron chi connectivity index (χ3n) is 2.79. The minimum absolute atomic E-state index is 0.124. The summed E-state index contributed by atoms with van der Waals surface area (Å²) < 4.78 is 30.1. The van der Waals surface area contributed by atoms with E-state index in [0.29, 0.717) is 16.3 Å². The number of methoxy groups -OCH3 is 1. The normalized spacial score (nSPS) is 11.8. The summed E-state index contributed by atoms with van der Waals surface area (Å²) in [5.74, 6) is -0.579. The molecule has 0 bridgehead atoms. The molecule has 0 fully saturated rings. The van der Waals surface area contributed by atoms with Crippen LogP contribution in [-0.4, -0.2) is 23.0 Å². The zero-order chi connectivity index (χ0) is 16.1. The molecule has 0 aliphatic heterocycles. The summed E-state index contributed by atoms with van der Waals surface area (Å²) in [6, 6.07) is 10.5. The molecule has 116 valence electrons. The molecule has 0 heterocycles. The summed E-state index contributed by atoms with van der Waals surface area (Å²) in [6.45, 7) is 0. The number of ether oxygens (including phenoxy) is 1. The number of nitrogens with one attached hydrogen (secondary N) is 1. The van der Waals surface area contributed by atoms with Gasteiger partial charge in [-0.15, -0.1) is 0 Å². The zero-order valence-corrected chi connectivity index (χ0v) is 13.2. The lowest BCUT2D eigenvalue weighted by atomic mass is 10.3. The minimum Gasteiger partial charge on any atom is -0.497 e. The van der Waals surface area contributed by atoms with Gasteiger partial charge in [-0.2, -0.15) is 0 Å². The summed E-state index contributed by atoms with van der Waals surface area (Å²) in [4.78, 5) is 12.2. The lowest BCUT2D eigenvalue weighted by Gasteiger charge is -2.07. The highest BCUT2D eigenvalue weighted by molar-refractivity contribution is 7.85. The lowest BCUT2D eigenvalue weighted by Crippen LogP contribution is -2.19. The number of carbonyl (C=O) groups is 1. The standard InChI is InChI=1S/C15H13ClFNO3S/c1-21-11-4-2-10(3-5-11)18-15(19)9-22(20)12-6-7-14(17)13(16)8-12/h2-8H,9H2,1H3,(H,18,19). The maximum Gasteiger partial charge on any atom is 0.237 e. The predicted molar refractivity (Wildman–Crippen MR) is 84.3 cm³/mol. The molecule has 2 rings (SSSR count). The zero-order valence-electron chi connectivity index (χ0n) is 11.6. The summed E-state index contributed by atoms with van der Waals surface area (Å²) in [5.41, 5.74) is 0.569. The van der Waals surface area contributed by atoms with E-state index in [4.69, 9.17) is 16.3 Å². The molecule has 1 unspecified atom stereocenters. The average molecular weight is 342 g/mol. The SMILES string of the molecule is COc1ccc(NC(=O)CS(=O)c2ccc(F)c(Cl)c2)cc1. The molecule has 1 amide bonds. The first kappa shape index (κ1) is 16.5. The Balaban J connectivity index is 1.98. The van der Waals surface area contributed by atoms with Crippen molar-refractivity contribution in [2.45, 2.75) is 4.90 Å². The van der Waals surface area contributed by atoms with Gasteiger partial charge in [0.2, 0.25) is 5.91 Å². The van der Waals surface area contributed by atoms with E-state index >= 15 is 0 Å². The maximum atomic E-state index is 13.1. The van der Waals surface area contributed by atoms with Gasteiger partial charge in [0.1, 0.15) is 17.3 Å². The molecule has 0 aliphatic carbocycles. The van der Waals surface area contributed by atoms with E-state index < -0.39 is 22.5 Å². The Bertz CT molecular complexity index is 706. The fourth-order valence-corrected chi connectivity index (χ4v) is 2.88. The molecule has 0 saturated carbocycles. The lowest BCUT2D eigenvalue weighted by molar-refractivity contribution is -0.113. The van der Waals surface area contributed by atoms with Crippen LogP contribution in [0.2, 0.25) is 5.02 Å². The van der Waals surface area contributed by atoms with Gasteiger partial charge in [0, 0.05) is 10.6 Å². The van der Waals surface area contributed by atoms with Gasteiger partial charge < -0.3 is 10.1 Å². The van der Waals surface area contributed by atoms with Crippen LogP contribution < -0.4 is 10.1 Å². The van der Waals surface area contributed by atoms with Crippen molar-refractivity contribution in [1.29, 1.82) is 0 Å². The van der Waals surface area contributed by atoms with Gasteiger partial charge in [-0.3, -0.25) is 9.00 Å². The number of hydrogen-bond acceptors (Lipinski definition) is 3. The number of hydrogen-bond donors (Lipinski definition) is 1. The van der Waals surface area contributed by atoms with Gasteiger partial charge >= 0.3 is 0 Å². The van der Waals surface area contributed by atoms with Crippen molar-refractivity contribution in [2.75, 3.05) is 18.2 Å². The minimum atomic E-state index is -1.60. The van der Waals surface area contributed by atoms with Gasteiger partial charge in [0.15, 0.2) is 0 Å². The molecule has 0 saturated heterocycles. The number of benzene rings is 2. The molecule has 2 aromatic carbocycles. The van der Waals surface area contributed by atoms with Crippen molar-refractivity contribution in [3.8, 4) is 5.75 Å². The average Bonchev–Trinajstić information content (AvgIpc) is 2.50. The fourth-order valence-electron chi connectivity index (χ4n) is 1.69. The first-order chi connectivity index (χ1) is 10.5. The number of amides is 1. The molecule has 4 nitrogen and oxygen atoms in total. The van der Waals surface area contributed by atoms with Crippen molar-refractivity contribution in [3.63, 3.8) is 0 Å². The van der Waals surface area contributed by atoms with Crippen molar-refractivity contribution in [1.82, 2.24) is 0 Å². The molecule has 22 heavy (non-hydrogen) atoms. The second-order valence-corrected chi connectivity index (χ2v) is 6.20. The largest absolute Gasteiger partial charge is 0.497 e. The summed E-state index contributed by atoms with van der Waals surface area (Å²) in [6.07, 6.45) is 0. The third kappa shape index (κ3) is 4.29. The number of carbonyl (C=O) groups excluding carboxylic acids is 1. The van der Waals surface area contributed by atoms with E-state index in [9.17, 15) is 13.4 Å². The van der Waals surface area contributed by atoms with E-state index in [1.807, 2.05) is 0 Å². The molecular formula is C15H13ClFNO3S. The Labute approximate surface area is 134 Å². The van der Waals surface area contributed by atoms with Crippen LogP contribution in [0.25, 0.3) is 0 Å². The Kier molecular flexibility index (Phi) is 5.51. The van der Waals surface area contributed by atoms with E-state index in [-0.39, 0.29) is 10.8 Å². The molecule has 0 aromatic heterocycles. The Hall–Kier alpha value is -1.92. The first-order valence-electron chi connectivity index (χ1n) is 6.27. The summed E-state index contributed by atoms with van der Waals surface area (Å²) in [7, 11) is -0.0534. The van der Waals surface area contributed by atoms with Gasteiger partial charge in [-0.05, 0) is 42.5 Å². The molecule has 7 heteroatoms. The Morgan fingerprint density at radius 2 is 1.95 bits per heavy atom. The Morgan fingerprint density at radius 3 is 2.55 bits per heavy atom. The van der Waals surface area contributed by atoms with E-state index in [1.54, 1.807) is 31.4 Å². The molecule has 0 aliphatic rings. The first-order valence-corrected chi connectivity index (χ1v) is 7.96. The highest BCUT2D eigenvalue weighted by atomic mass is 35.5. The topological polar surface area (TPSA) is 55.4 Å². The van der Waals surface area contributed by atoms with Gasteiger partial charge in [0.25, 0.3) is 0 Å². The third-order valence-corrected chi connectivity index (χ3v) is 4.38. The number of anilines is 1. The smallest absolute Gasteiger partial charge is 0.237 e. The van der Waals surface area contributed by atoms with Gasteiger partial charge in [-0.25, -0.2) is 4.39 Å². The van der Waals surface area contributed by atoms with Crippen molar-refractivity contribution in [3.05, 3.63) is 53.3 Å². The van der Waals surface area contributed by atoms with E-state index in [1.165, 1.54) is 12.1 Å². The second kappa shape index (κ2) is 7.38.